The van der Waals surface area contributed by atoms with E-state index in [9.17, 15) is 24.0 Å². The van der Waals surface area contributed by atoms with Gasteiger partial charge in [0, 0.05) is 35.7 Å². The number of thioether (sulfide) groups is 1. The summed E-state index contributed by atoms with van der Waals surface area (Å²) in [5, 5.41) is 14.7. The third-order valence-electron chi connectivity index (χ3n) is 7.56. The number of halogens is 2. The molecule has 2 rings (SSSR count). The van der Waals surface area contributed by atoms with Gasteiger partial charge in [0.15, 0.2) is 0 Å². The first-order valence-corrected chi connectivity index (χ1v) is 16.3. The zero-order valence-corrected chi connectivity index (χ0v) is 26.1. The van der Waals surface area contributed by atoms with Crippen LogP contribution in [-0.2, 0) is 19.2 Å². The Balaban J connectivity index is 1.62. The molecule has 2 fully saturated rings. The van der Waals surface area contributed by atoms with E-state index in [2.05, 4.69) is 26.6 Å². The van der Waals surface area contributed by atoms with E-state index in [1.165, 1.54) is 0 Å². The third-order valence-corrected chi connectivity index (χ3v) is 9.85. The van der Waals surface area contributed by atoms with Crippen molar-refractivity contribution in [1.82, 2.24) is 26.6 Å². The molecular formula is C27H45Cl2N5O5S. The highest BCUT2D eigenvalue weighted by Crippen LogP contribution is 2.33. The summed E-state index contributed by atoms with van der Waals surface area (Å²) in [7, 11) is 0. The number of aldehydes is 1. The first kappa shape index (κ1) is 34.5. The summed E-state index contributed by atoms with van der Waals surface area (Å²) in [6.07, 6.45) is 5.99. The number of carbonyl (C=O) groups excluding carboxylic acids is 5. The summed E-state index contributed by atoms with van der Waals surface area (Å²) in [6, 6.07) is -1.17. The molecule has 6 atom stereocenters. The third kappa shape index (κ3) is 10.6. The maximum absolute atomic E-state index is 12.9. The lowest BCUT2D eigenvalue weighted by atomic mass is 9.88. The van der Waals surface area contributed by atoms with E-state index < -0.39 is 23.4 Å². The number of amides is 5. The van der Waals surface area contributed by atoms with Gasteiger partial charge in [-0.1, -0.05) is 20.3 Å². The Morgan fingerprint density at radius 3 is 2.52 bits per heavy atom. The Kier molecular flexibility index (Phi) is 14.9. The van der Waals surface area contributed by atoms with Crippen LogP contribution >= 0.6 is 35.0 Å². The van der Waals surface area contributed by atoms with Gasteiger partial charge in [-0.15, -0.1) is 23.2 Å². The minimum absolute atomic E-state index is 0.00153. The van der Waals surface area contributed by atoms with Gasteiger partial charge in [0.2, 0.25) is 17.7 Å². The fourth-order valence-electron chi connectivity index (χ4n) is 4.83. The summed E-state index contributed by atoms with van der Waals surface area (Å²) >= 11 is 13.7. The van der Waals surface area contributed by atoms with Crippen LogP contribution in [0.3, 0.4) is 0 Å². The number of rotatable bonds is 19. The molecule has 40 heavy (non-hydrogen) atoms. The number of hydrogen-bond acceptors (Lipinski definition) is 6. The van der Waals surface area contributed by atoms with Gasteiger partial charge in [0.05, 0.1) is 23.5 Å². The van der Waals surface area contributed by atoms with Crippen LogP contribution in [0.1, 0.15) is 72.1 Å². The van der Waals surface area contributed by atoms with Crippen LogP contribution in [0.4, 0.5) is 4.79 Å². The van der Waals surface area contributed by atoms with E-state index in [-0.39, 0.29) is 47.6 Å². The lowest BCUT2D eigenvalue weighted by molar-refractivity contribution is -0.135. The van der Waals surface area contributed by atoms with Gasteiger partial charge in [0.1, 0.15) is 12.3 Å². The summed E-state index contributed by atoms with van der Waals surface area (Å²) in [6.45, 7) is 5.84. The Labute approximate surface area is 252 Å². The molecular weight excluding hydrogens is 577 g/mol. The first-order valence-electron chi connectivity index (χ1n) is 14.2. The SMILES string of the molecule is CC(C)[C@H](NC(=O)C(C)(CCl)CCCl)C(=O)N[C@H](C=O)CCCCNC(=O)CCCC[C@@H]1SC[C@@H]2NC(=O)N[C@@H]21. The average Bonchev–Trinajstić information content (AvgIpc) is 3.47. The number of alkyl halides is 2. The molecule has 2 aliphatic heterocycles. The van der Waals surface area contributed by atoms with Gasteiger partial charge in [-0.2, -0.15) is 11.8 Å². The topological polar surface area (TPSA) is 146 Å². The van der Waals surface area contributed by atoms with Gasteiger partial charge >= 0.3 is 6.03 Å². The Morgan fingerprint density at radius 1 is 1.12 bits per heavy atom. The molecule has 10 nitrogen and oxygen atoms in total. The Hall–Kier alpha value is -1.72. The van der Waals surface area contributed by atoms with Crippen LogP contribution in [0, 0.1) is 11.3 Å². The summed E-state index contributed by atoms with van der Waals surface area (Å²) in [4.78, 5) is 61.0. The maximum Gasteiger partial charge on any atom is 0.315 e. The highest BCUT2D eigenvalue weighted by Gasteiger charge is 2.42. The van der Waals surface area contributed by atoms with E-state index in [4.69, 9.17) is 23.2 Å². The van der Waals surface area contributed by atoms with E-state index in [0.29, 0.717) is 50.2 Å². The molecule has 0 aliphatic carbocycles. The molecule has 2 saturated heterocycles. The second-order valence-corrected chi connectivity index (χ2v) is 13.2. The lowest BCUT2D eigenvalue weighted by Crippen LogP contribution is -2.55. The van der Waals surface area contributed by atoms with E-state index >= 15 is 0 Å². The van der Waals surface area contributed by atoms with Crippen LogP contribution in [0.5, 0.6) is 0 Å². The Morgan fingerprint density at radius 2 is 1.88 bits per heavy atom. The second kappa shape index (κ2) is 17.3. The summed E-state index contributed by atoms with van der Waals surface area (Å²) in [5.41, 5.74) is -0.893. The normalized spacial score (nSPS) is 22.9. The standard InChI is InChI=1S/C27H45Cl2N5O5S/c1-17(2)22(33-25(38)27(3,16-29)11-12-28)24(37)31-18(14-35)8-6-7-13-30-21(36)10-5-4-9-20-23-19(15-40-20)32-26(39)34-23/h14,17-20,22-23H,4-13,15-16H2,1-3H3,(H,30,36)(H,31,37)(H,33,38)(H2,32,34,39)/t18-,19-,20-,22-,23-,27?/m0/s1. The minimum Gasteiger partial charge on any atom is -0.356 e. The van der Waals surface area contributed by atoms with Gasteiger partial charge in [0.25, 0.3) is 0 Å². The molecule has 0 aromatic carbocycles. The zero-order valence-electron chi connectivity index (χ0n) is 23.7. The molecule has 0 bridgehead atoms. The molecule has 2 aliphatic rings. The van der Waals surface area contributed by atoms with E-state index in [0.717, 1.165) is 25.0 Å². The molecule has 0 aromatic heterocycles. The molecule has 5 N–H and O–H groups in total. The van der Waals surface area contributed by atoms with E-state index in [1.807, 2.05) is 25.6 Å². The fraction of sp³-hybridized carbons (Fsp3) is 0.815. The van der Waals surface area contributed by atoms with Crippen molar-refractivity contribution in [3.8, 4) is 0 Å². The predicted octanol–water partition coefficient (Wildman–Crippen LogP) is 2.70. The van der Waals surface area contributed by atoms with Crippen LogP contribution in [0.15, 0.2) is 0 Å². The number of carbonyl (C=O) groups is 5. The summed E-state index contributed by atoms with van der Waals surface area (Å²) in [5.74, 6) is 0.309. The van der Waals surface area contributed by atoms with E-state index in [1.54, 1.807) is 6.92 Å². The van der Waals surface area contributed by atoms with Crippen molar-refractivity contribution < 1.29 is 24.0 Å². The molecule has 5 amide bonds. The van der Waals surface area contributed by atoms with Crippen molar-refractivity contribution in [2.24, 2.45) is 11.3 Å². The number of nitrogens with one attached hydrogen (secondary N) is 5. The molecule has 0 radical (unpaired) electrons. The molecule has 1 unspecified atom stereocenters. The first-order chi connectivity index (χ1) is 19.0. The lowest BCUT2D eigenvalue weighted by Gasteiger charge is -2.30. The number of urea groups is 1. The van der Waals surface area contributed by atoms with Crippen LogP contribution < -0.4 is 26.6 Å². The van der Waals surface area contributed by atoms with Crippen molar-refractivity contribution in [3.63, 3.8) is 0 Å². The monoisotopic (exact) mass is 621 g/mol. The van der Waals surface area contributed by atoms with Crippen molar-refractivity contribution >= 4 is 65.0 Å². The number of fused-ring (bicyclic) bond motifs is 1. The highest BCUT2D eigenvalue weighted by atomic mass is 35.5. The molecule has 13 heteroatoms. The zero-order chi connectivity index (χ0) is 29.7. The number of unbranched alkanes of at least 4 members (excludes halogenated alkanes) is 2. The second-order valence-electron chi connectivity index (χ2n) is 11.3. The van der Waals surface area contributed by atoms with Crippen LogP contribution in [0.2, 0.25) is 0 Å². The smallest absolute Gasteiger partial charge is 0.315 e. The van der Waals surface area contributed by atoms with Crippen LogP contribution in [0.25, 0.3) is 0 Å². The van der Waals surface area contributed by atoms with Crippen molar-refractivity contribution in [3.05, 3.63) is 0 Å². The Bertz CT molecular complexity index is 882. The molecule has 2 heterocycles. The fourth-order valence-corrected chi connectivity index (χ4v) is 7.04. The van der Waals surface area contributed by atoms with Crippen molar-refractivity contribution in [1.29, 1.82) is 0 Å². The van der Waals surface area contributed by atoms with Gasteiger partial charge < -0.3 is 31.4 Å². The summed E-state index contributed by atoms with van der Waals surface area (Å²) < 4.78 is 0. The average molecular weight is 623 g/mol. The number of hydrogen-bond donors (Lipinski definition) is 5. The predicted molar refractivity (Wildman–Crippen MR) is 160 cm³/mol. The maximum atomic E-state index is 12.9. The van der Waals surface area contributed by atoms with Crippen molar-refractivity contribution in [2.45, 2.75) is 102 Å². The molecule has 0 aromatic rings. The molecule has 228 valence electrons. The highest BCUT2D eigenvalue weighted by molar-refractivity contribution is 8.00. The largest absolute Gasteiger partial charge is 0.356 e. The van der Waals surface area contributed by atoms with Gasteiger partial charge in [-0.25, -0.2) is 4.79 Å². The minimum atomic E-state index is -0.893. The quantitative estimate of drug-likeness (QED) is 0.0649. The molecule has 0 saturated carbocycles. The van der Waals surface area contributed by atoms with Crippen molar-refractivity contribution in [2.75, 3.05) is 24.1 Å². The molecule has 0 spiro atoms. The van der Waals surface area contributed by atoms with Gasteiger partial charge in [-0.05, 0) is 51.4 Å². The van der Waals surface area contributed by atoms with Gasteiger partial charge in [-0.3, -0.25) is 14.4 Å². The van der Waals surface area contributed by atoms with Crippen LogP contribution in [-0.4, -0.2) is 83.5 Å².